The van der Waals surface area contributed by atoms with Crippen LogP contribution in [0.1, 0.15) is 53.3 Å². The lowest BCUT2D eigenvalue weighted by Crippen LogP contribution is -2.50. The van der Waals surface area contributed by atoms with Crippen molar-refractivity contribution in [1.82, 2.24) is 10.3 Å². The summed E-state index contributed by atoms with van der Waals surface area (Å²) in [4.78, 5) is 16.4. The molecule has 0 saturated heterocycles. The number of hydrogen-bond acceptors (Lipinski definition) is 3. The Morgan fingerprint density at radius 1 is 1.13 bits per heavy atom. The van der Waals surface area contributed by atoms with Gasteiger partial charge in [-0.25, -0.2) is 13.8 Å². The number of nitrogens with zero attached hydrogens (tertiary/aromatic N) is 1. The average molecular weight is 483 g/mol. The number of benzene rings is 1. The van der Waals surface area contributed by atoms with Gasteiger partial charge in [0.1, 0.15) is 5.69 Å². The fourth-order valence-electron chi connectivity index (χ4n) is 3.57. The highest BCUT2D eigenvalue weighted by atomic mass is 35.5. The summed E-state index contributed by atoms with van der Waals surface area (Å²) in [7, 11) is 0. The Balaban J connectivity index is 1.97. The van der Waals surface area contributed by atoms with Gasteiger partial charge in [0.25, 0.3) is 5.91 Å². The molecule has 2 N–H and O–H groups in total. The van der Waals surface area contributed by atoms with Crippen molar-refractivity contribution in [2.45, 2.75) is 49.4 Å². The zero-order valence-electron chi connectivity index (χ0n) is 15.8. The Bertz CT molecular complexity index is 974. The summed E-state index contributed by atoms with van der Waals surface area (Å²) in [5.74, 6) is -4.05. The summed E-state index contributed by atoms with van der Waals surface area (Å²) in [5.41, 5.74) is -3.43. The van der Waals surface area contributed by atoms with Gasteiger partial charge in [-0.2, -0.15) is 13.2 Å². The van der Waals surface area contributed by atoms with E-state index >= 15 is 0 Å². The van der Waals surface area contributed by atoms with Gasteiger partial charge in [-0.05, 0) is 36.6 Å². The number of aliphatic hydroxyl groups is 1. The number of hydrogen-bond donors (Lipinski definition) is 2. The van der Waals surface area contributed by atoms with Crippen LogP contribution in [-0.4, -0.2) is 27.5 Å². The van der Waals surface area contributed by atoms with Crippen LogP contribution < -0.4 is 5.32 Å². The Kier molecular flexibility index (Phi) is 6.51. The first-order valence-corrected chi connectivity index (χ1v) is 9.96. The van der Waals surface area contributed by atoms with Crippen molar-refractivity contribution in [3.8, 4) is 0 Å². The normalized spacial score (nSPS) is 19.0. The van der Waals surface area contributed by atoms with Gasteiger partial charge in [0.2, 0.25) is 5.92 Å². The molecule has 1 heterocycles. The highest BCUT2D eigenvalue weighted by molar-refractivity contribution is 6.34. The zero-order chi connectivity index (χ0) is 23.0. The van der Waals surface area contributed by atoms with Crippen LogP contribution in [0.4, 0.5) is 22.0 Å². The molecular weight excluding hydrogens is 466 g/mol. The van der Waals surface area contributed by atoms with Crippen molar-refractivity contribution in [2.75, 3.05) is 0 Å². The van der Waals surface area contributed by atoms with Crippen molar-refractivity contribution in [1.29, 1.82) is 0 Å². The van der Waals surface area contributed by atoms with Crippen LogP contribution in [0.2, 0.25) is 10.0 Å². The standard InChI is InChI=1S/C20H17Cl2F5N2O2/c21-12-3-1-2-11(10-12)16(18(31)5-7-19(23,24)8-6-18)29-17(30)15-14(22)13(4-9-28-15)20(25,26)27/h1-4,9-10,16,31H,5-8H2,(H,29,30). The van der Waals surface area contributed by atoms with E-state index in [0.717, 1.165) is 6.20 Å². The molecule has 4 nitrogen and oxygen atoms in total. The fourth-order valence-corrected chi connectivity index (χ4v) is 4.08. The molecule has 1 aliphatic rings. The van der Waals surface area contributed by atoms with Gasteiger partial charge in [0.15, 0.2) is 0 Å². The van der Waals surface area contributed by atoms with E-state index in [1.807, 2.05) is 0 Å². The lowest BCUT2D eigenvalue weighted by Gasteiger charge is -2.42. The van der Waals surface area contributed by atoms with Gasteiger partial charge in [0.05, 0.1) is 22.2 Å². The van der Waals surface area contributed by atoms with E-state index in [-0.39, 0.29) is 17.9 Å². The van der Waals surface area contributed by atoms with Crippen LogP contribution in [0.5, 0.6) is 0 Å². The van der Waals surface area contributed by atoms with E-state index in [9.17, 15) is 31.9 Å². The van der Waals surface area contributed by atoms with E-state index in [1.165, 1.54) is 24.3 Å². The molecule has 1 aliphatic carbocycles. The lowest BCUT2D eigenvalue weighted by atomic mass is 9.75. The molecule has 0 spiro atoms. The van der Waals surface area contributed by atoms with Gasteiger partial charge >= 0.3 is 6.18 Å². The van der Waals surface area contributed by atoms with Gasteiger partial charge in [-0.3, -0.25) is 4.79 Å². The van der Waals surface area contributed by atoms with Crippen molar-refractivity contribution in [2.24, 2.45) is 0 Å². The number of carbonyl (C=O) groups is 1. The van der Waals surface area contributed by atoms with Gasteiger partial charge < -0.3 is 10.4 Å². The first-order chi connectivity index (χ1) is 14.3. The van der Waals surface area contributed by atoms with Gasteiger partial charge in [-0.1, -0.05) is 35.3 Å². The summed E-state index contributed by atoms with van der Waals surface area (Å²) in [6.07, 6.45) is -5.94. The minimum atomic E-state index is -4.81. The maximum Gasteiger partial charge on any atom is 0.417 e. The Morgan fingerprint density at radius 3 is 2.35 bits per heavy atom. The molecule has 31 heavy (non-hydrogen) atoms. The monoisotopic (exact) mass is 482 g/mol. The number of nitrogens with one attached hydrogen (secondary N) is 1. The average Bonchev–Trinajstić information content (AvgIpc) is 2.67. The molecule has 2 aromatic rings. The zero-order valence-corrected chi connectivity index (χ0v) is 17.3. The largest absolute Gasteiger partial charge is 0.417 e. The molecule has 1 aromatic carbocycles. The number of aromatic nitrogens is 1. The van der Waals surface area contributed by atoms with Crippen LogP contribution in [0.3, 0.4) is 0 Å². The molecule has 0 aliphatic heterocycles. The summed E-state index contributed by atoms with van der Waals surface area (Å²) < 4.78 is 66.7. The highest BCUT2D eigenvalue weighted by Crippen LogP contribution is 2.45. The number of alkyl halides is 5. The summed E-state index contributed by atoms with van der Waals surface area (Å²) in [6, 6.07) is 5.41. The summed E-state index contributed by atoms with van der Waals surface area (Å²) in [6.45, 7) is 0. The SMILES string of the molecule is O=C(NC(c1cccc(Cl)c1)C1(O)CCC(F)(F)CC1)c1nccc(C(F)(F)F)c1Cl. The van der Waals surface area contributed by atoms with Crippen LogP contribution in [-0.2, 0) is 6.18 Å². The highest BCUT2D eigenvalue weighted by Gasteiger charge is 2.48. The molecule has 1 amide bonds. The maximum absolute atomic E-state index is 13.7. The van der Waals surface area contributed by atoms with Crippen molar-refractivity contribution in [3.63, 3.8) is 0 Å². The summed E-state index contributed by atoms with van der Waals surface area (Å²) in [5, 5.41) is 12.9. The third kappa shape index (κ3) is 5.27. The van der Waals surface area contributed by atoms with E-state index in [4.69, 9.17) is 23.2 Å². The van der Waals surface area contributed by atoms with Crippen molar-refractivity contribution in [3.05, 3.63) is 63.4 Å². The number of rotatable bonds is 4. The maximum atomic E-state index is 13.7. The third-order valence-corrected chi connectivity index (χ3v) is 5.87. The second-order valence-electron chi connectivity index (χ2n) is 7.44. The molecule has 11 heteroatoms. The van der Waals surface area contributed by atoms with Gasteiger partial charge in [0, 0.05) is 24.1 Å². The number of halogens is 7. The number of carbonyl (C=O) groups excluding carboxylic acids is 1. The molecule has 168 valence electrons. The smallest absolute Gasteiger partial charge is 0.387 e. The molecule has 1 fully saturated rings. The summed E-state index contributed by atoms with van der Waals surface area (Å²) >= 11 is 11.8. The molecule has 1 atom stereocenters. The predicted octanol–water partition coefficient (Wildman–Crippen LogP) is 5.82. The minimum absolute atomic E-state index is 0.261. The molecule has 3 rings (SSSR count). The topological polar surface area (TPSA) is 62.2 Å². The third-order valence-electron chi connectivity index (χ3n) is 5.25. The van der Waals surface area contributed by atoms with Crippen LogP contribution >= 0.6 is 23.2 Å². The number of pyridine rings is 1. The van der Waals surface area contributed by atoms with Crippen molar-refractivity contribution < 1.29 is 31.9 Å². The molecule has 1 unspecified atom stereocenters. The van der Waals surface area contributed by atoms with Crippen molar-refractivity contribution >= 4 is 29.1 Å². The van der Waals surface area contributed by atoms with Crippen LogP contribution in [0.15, 0.2) is 36.5 Å². The van der Waals surface area contributed by atoms with Gasteiger partial charge in [-0.15, -0.1) is 0 Å². The Morgan fingerprint density at radius 2 is 1.77 bits per heavy atom. The molecule has 0 radical (unpaired) electrons. The second-order valence-corrected chi connectivity index (χ2v) is 8.25. The second kappa shape index (κ2) is 8.52. The lowest BCUT2D eigenvalue weighted by molar-refractivity contribution is -0.137. The molecule has 1 aromatic heterocycles. The van der Waals surface area contributed by atoms with Crippen LogP contribution in [0, 0.1) is 0 Å². The van der Waals surface area contributed by atoms with E-state index in [0.29, 0.717) is 11.6 Å². The van der Waals surface area contributed by atoms with E-state index < -0.39 is 58.8 Å². The minimum Gasteiger partial charge on any atom is -0.387 e. The fraction of sp³-hybridized carbons (Fsp3) is 0.400. The molecule has 0 bridgehead atoms. The number of amides is 1. The Hall–Kier alpha value is -1.97. The molecular formula is C20H17Cl2F5N2O2. The Labute approximate surface area is 184 Å². The first kappa shape index (κ1) is 23.7. The van der Waals surface area contributed by atoms with E-state index in [2.05, 4.69) is 10.3 Å². The van der Waals surface area contributed by atoms with Crippen LogP contribution in [0.25, 0.3) is 0 Å². The first-order valence-electron chi connectivity index (χ1n) is 9.21. The van der Waals surface area contributed by atoms with E-state index in [1.54, 1.807) is 0 Å². The predicted molar refractivity (Wildman–Crippen MR) is 104 cm³/mol. The quantitative estimate of drug-likeness (QED) is 0.539. The molecule has 1 saturated carbocycles.